The largest absolute Gasteiger partial charge is 0.508 e. The first-order valence-corrected chi connectivity index (χ1v) is 8.27. The van der Waals surface area contributed by atoms with Crippen molar-refractivity contribution in [3.05, 3.63) is 52.3 Å². The second-order valence-electron chi connectivity index (χ2n) is 5.40. The van der Waals surface area contributed by atoms with Crippen molar-refractivity contribution in [1.29, 1.82) is 0 Å². The predicted octanol–water partition coefficient (Wildman–Crippen LogP) is 3.41. The zero-order valence-corrected chi connectivity index (χ0v) is 14.1. The molecule has 0 saturated heterocycles. The molecule has 0 aliphatic carbocycles. The van der Waals surface area contributed by atoms with E-state index in [4.69, 9.17) is 4.42 Å². The van der Waals surface area contributed by atoms with Crippen LogP contribution >= 0.6 is 11.3 Å². The van der Waals surface area contributed by atoms with Crippen LogP contribution in [-0.2, 0) is 0 Å². The Balaban J connectivity index is 2.08. The van der Waals surface area contributed by atoms with Crippen LogP contribution in [0.2, 0.25) is 0 Å². The maximum atomic E-state index is 9.89. The van der Waals surface area contributed by atoms with Crippen molar-refractivity contribution in [2.75, 3.05) is 0 Å². The molecule has 3 rings (SSSR count). The SMILES string of the molecule is CC(C)N=c1scc(-c2ccco2)n1N=Cc1ccc(O)cc1O. The summed E-state index contributed by atoms with van der Waals surface area (Å²) < 4.78 is 7.13. The Hall–Kier alpha value is -2.80. The smallest absolute Gasteiger partial charge is 0.206 e. The van der Waals surface area contributed by atoms with Gasteiger partial charge in [-0.15, -0.1) is 11.3 Å². The minimum absolute atomic E-state index is 0.000363. The van der Waals surface area contributed by atoms with Crippen LogP contribution in [0.25, 0.3) is 11.5 Å². The van der Waals surface area contributed by atoms with E-state index in [9.17, 15) is 10.2 Å². The van der Waals surface area contributed by atoms with Crippen LogP contribution in [0.3, 0.4) is 0 Å². The normalized spacial score (nSPS) is 12.5. The number of aromatic hydroxyl groups is 2. The van der Waals surface area contributed by atoms with Gasteiger partial charge in [-0.2, -0.15) is 5.10 Å². The van der Waals surface area contributed by atoms with Gasteiger partial charge in [-0.25, -0.2) is 4.68 Å². The number of thiazole rings is 1. The number of nitrogens with zero attached hydrogens (tertiary/aromatic N) is 3. The number of rotatable bonds is 4. The lowest BCUT2D eigenvalue weighted by Crippen LogP contribution is -2.14. The number of hydrogen-bond acceptors (Lipinski definition) is 6. The van der Waals surface area contributed by atoms with E-state index < -0.39 is 0 Å². The number of phenols is 2. The van der Waals surface area contributed by atoms with Crippen LogP contribution in [0.4, 0.5) is 0 Å². The molecule has 1 aromatic carbocycles. The molecular formula is C17H17N3O3S. The Morgan fingerprint density at radius 2 is 2.08 bits per heavy atom. The minimum Gasteiger partial charge on any atom is -0.508 e. The van der Waals surface area contributed by atoms with E-state index in [0.29, 0.717) is 11.3 Å². The lowest BCUT2D eigenvalue weighted by atomic mass is 10.2. The van der Waals surface area contributed by atoms with Gasteiger partial charge in [0, 0.05) is 23.1 Å². The highest BCUT2D eigenvalue weighted by atomic mass is 32.1. The van der Waals surface area contributed by atoms with E-state index in [1.165, 1.54) is 29.7 Å². The van der Waals surface area contributed by atoms with Crippen LogP contribution in [0.15, 0.2) is 56.5 Å². The second-order valence-corrected chi connectivity index (χ2v) is 6.24. The van der Waals surface area contributed by atoms with Crippen molar-refractivity contribution in [3.8, 4) is 23.0 Å². The number of furan rings is 1. The van der Waals surface area contributed by atoms with Crippen LogP contribution < -0.4 is 4.80 Å². The molecule has 0 aliphatic heterocycles. The van der Waals surface area contributed by atoms with Gasteiger partial charge < -0.3 is 14.6 Å². The van der Waals surface area contributed by atoms with Crippen molar-refractivity contribution in [1.82, 2.24) is 4.68 Å². The lowest BCUT2D eigenvalue weighted by Gasteiger charge is -2.03. The van der Waals surface area contributed by atoms with Gasteiger partial charge in [-0.05, 0) is 38.1 Å². The Morgan fingerprint density at radius 3 is 2.75 bits per heavy atom. The monoisotopic (exact) mass is 343 g/mol. The van der Waals surface area contributed by atoms with E-state index in [2.05, 4.69) is 10.1 Å². The molecule has 0 aliphatic rings. The molecule has 0 saturated carbocycles. The quantitative estimate of drug-likeness (QED) is 0.712. The average Bonchev–Trinajstić information content (AvgIpc) is 3.15. The van der Waals surface area contributed by atoms with E-state index >= 15 is 0 Å². The molecule has 3 aromatic rings. The average molecular weight is 343 g/mol. The highest BCUT2D eigenvalue weighted by Crippen LogP contribution is 2.22. The van der Waals surface area contributed by atoms with Crippen LogP contribution in [0.1, 0.15) is 19.4 Å². The molecule has 0 spiro atoms. The van der Waals surface area contributed by atoms with Crippen molar-refractivity contribution >= 4 is 17.6 Å². The first-order chi connectivity index (χ1) is 11.5. The van der Waals surface area contributed by atoms with Crippen LogP contribution in [-0.4, -0.2) is 27.1 Å². The highest BCUT2D eigenvalue weighted by molar-refractivity contribution is 7.07. The van der Waals surface area contributed by atoms with Gasteiger partial charge in [0.25, 0.3) is 0 Å². The third kappa shape index (κ3) is 3.41. The van der Waals surface area contributed by atoms with Crippen LogP contribution in [0, 0.1) is 0 Å². The molecule has 2 N–H and O–H groups in total. The van der Waals surface area contributed by atoms with Gasteiger partial charge in [-0.3, -0.25) is 4.99 Å². The summed E-state index contributed by atoms with van der Waals surface area (Å²) in [5.74, 6) is 0.639. The maximum absolute atomic E-state index is 9.89. The third-order valence-electron chi connectivity index (χ3n) is 3.15. The Bertz CT molecular complexity index is 921. The number of hydrogen-bond donors (Lipinski definition) is 2. The fourth-order valence-electron chi connectivity index (χ4n) is 2.08. The van der Waals surface area contributed by atoms with Crippen molar-refractivity contribution in [3.63, 3.8) is 0 Å². The maximum Gasteiger partial charge on any atom is 0.206 e. The summed E-state index contributed by atoms with van der Waals surface area (Å²) in [6, 6.07) is 8.14. The summed E-state index contributed by atoms with van der Waals surface area (Å²) in [7, 11) is 0. The predicted molar refractivity (Wildman–Crippen MR) is 93.5 cm³/mol. The molecule has 0 amide bonds. The zero-order valence-electron chi connectivity index (χ0n) is 13.2. The van der Waals surface area contributed by atoms with Gasteiger partial charge in [0.05, 0.1) is 12.5 Å². The Labute approximate surface area is 142 Å². The minimum atomic E-state index is -0.0449. The van der Waals surface area contributed by atoms with Crippen molar-refractivity contribution in [2.24, 2.45) is 10.1 Å². The zero-order chi connectivity index (χ0) is 17.1. The Morgan fingerprint density at radius 1 is 1.25 bits per heavy atom. The summed E-state index contributed by atoms with van der Waals surface area (Å²) >= 11 is 1.46. The first kappa shape index (κ1) is 16.1. The fraction of sp³-hybridized carbons (Fsp3) is 0.176. The molecule has 24 heavy (non-hydrogen) atoms. The molecule has 124 valence electrons. The van der Waals surface area contributed by atoms with E-state index in [-0.39, 0.29) is 17.5 Å². The molecule has 7 heteroatoms. The molecule has 2 aromatic heterocycles. The number of phenolic OH excluding ortho intramolecular Hbond substituents is 2. The Kier molecular flexibility index (Phi) is 4.52. The third-order valence-corrected chi connectivity index (χ3v) is 3.98. The van der Waals surface area contributed by atoms with E-state index in [1.54, 1.807) is 17.0 Å². The first-order valence-electron chi connectivity index (χ1n) is 7.39. The van der Waals surface area contributed by atoms with Gasteiger partial charge >= 0.3 is 0 Å². The summed E-state index contributed by atoms with van der Waals surface area (Å²) in [4.78, 5) is 5.29. The molecular weight excluding hydrogens is 326 g/mol. The molecule has 6 nitrogen and oxygen atoms in total. The van der Waals surface area contributed by atoms with Crippen molar-refractivity contribution < 1.29 is 14.6 Å². The van der Waals surface area contributed by atoms with Crippen LogP contribution in [0.5, 0.6) is 11.5 Å². The lowest BCUT2D eigenvalue weighted by molar-refractivity contribution is 0.450. The second kappa shape index (κ2) is 6.76. The van der Waals surface area contributed by atoms with Gasteiger partial charge in [0.2, 0.25) is 4.80 Å². The number of benzene rings is 1. The summed E-state index contributed by atoms with van der Waals surface area (Å²) in [6.07, 6.45) is 3.12. The topological polar surface area (TPSA) is 83.2 Å². The van der Waals surface area contributed by atoms with Gasteiger partial charge in [0.15, 0.2) is 5.76 Å². The fourth-order valence-corrected chi connectivity index (χ4v) is 3.03. The molecule has 2 heterocycles. The molecule has 0 unspecified atom stereocenters. The van der Waals surface area contributed by atoms with Gasteiger partial charge in [0.1, 0.15) is 17.2 Å². The van der Waals surface area contributed by atoms with Crippen molar-refractivity contribution in [2.45, 2.75) is 19.9 Å². The van der Waals surface area contributed by atoms with E-state index in [1.807, 2.05) is 31.4 Å². The molecule has 0 bridgehead atoms. The molecule has 0 fully saturated rings. The molecule has 0 radical (unpaired) electrons. The van der Waals surface area contributed by atoms with E-state index in [0.717, 1.165) is 10.5 Å². The molecule has 0 atom stereocenters. The summed E-state index contributed by atoms with van der Waals surface area (Å²) in [6.45, 7) is 3.98. The highest BCUT2D eigenvalue weighted by Gasteiger charge is 2.10. The summed E-state index contributed by atoms with van der Waals surface area (Å²) in [5.41, 5.74) is 1.27. The van der Waals surface area contributed by atoms with Gasteiger partial charge in [-0.1, -0.05) is 0 Å². The summed E-state index contributed by atoms with van der Waals surface area (Å²) in [5, 5.41) is 25.6. The number of aromatic nitrogens is 1. The standard InChI is InChI=1S/C17H17N3O3S/c1-11(2)19-17-20(14(10-24-17)16-4-3-7-23-16)18-9-12-5-6-13(21)8-15(12)22/h3-11,21-22H,1-2H3.